The van der Waals surface area contributed by atoms with Gasteiger partial charge in [-0.15, -0.1) is 0 Å². The molecule has 152 valence electrons. The minimum atomic E-state index is -0.219. The lowest BCUT2D eigenvalue weighted by Gasteiger charge is -2.42. The fraction of sp³-hybridized carbons (Fsp3) is 0.435. The molecule has 2 aliphatic heterocycles. The first kappa shape index (κ1) is 19.1. The van der Waals surface area contributed by atoms with Crippen LogP contribution in [-0.2, 0) is 10.2 Å². The van der Waals surface area contributed by atoms with Gasteiger partial charge >= 0.3 is 0 Å². The third-order valence-electron chi connectivity index (χ3n) is 6.65. The fourth-order valence-electron chi connectivity index (χ4n) is 5.07. The number of hydrogen-bond acceptors (Lipinski definition) is 3. The van der Waals surface area contributed by atoms with Gasteiger partial charge in [0.1, 0.15) is 5.82 Å². The number of carbonyl (C=O) groups excluding carboxylic acids is 1. The van der Waals surface area contributed by atoms with Gasteiger partial charge in [-0.1, -0.05) is 28.8 Å². The summed E-state index contributed by atoms with van der Waals surface area (Å²) in [6.07, 6.45) is 5.49. The maximum absolute atomic E-state index is 13.9. The summed E-state index contributed by atoms with van der Waals surface area (Å²) < 4.78 is 20.0. The highest BCUT2D eigenvalue weighted by molar-refractivity contribution is 9.10. The van der Waals surface area contributed by atoms with Crippen LogP contribution < -0.4 is 10.6 Å². The van der Waals surface area contributed by atoms with E-state index in [1.807, 2.05) is 12.1 Å². The lowest BCUT2D eigenvalue weighted by Crippen LogP contribution is -2.48. The number of halogens is 2. The fourth-order valence-corrected chi connectivity index (χ4v) is 5.59. The van der Waals surface area contributed by atoms with Gasteiger partial charge in [0.25, 0.3) is 5.91 Å². The first-order chi connectivity index (χ1) is 14.0. The standard InChI is InChI=1S/C23H24BrFN2O2/c24-19-5-4-15(25)10-17(19)21-11-23(7-1-2-8-23)18-9-14(3-6-20(18)27-21)22(28)26-16-12-29-13-16/h3-6,9-10,16,21,27H,1-2,7-8,11-13H2,(H,26,28). The summed E-state index contributed by atoms with van der Waals surface area (Å²) in [6, 6.07) is 11.0. The SMILES string of the molecule is O=C(NC1COC1)c1ccc2c(c1)C1(CCCC1)CC(c1cc(F)ccc1Br)N2. The molecule has 2 aromatic carbocycles. The highest BCUT2D eigenvalue weighted by Gasteiger charge is 2.43. The summed E-state index contributed by atoms with van der Waals surface area (Å²) in [5.41, 5.74) is 3.98. The topological polar surface area (TPSA) is 50.4 Å². The average molecular weight is 459 g/mol. The summed E-state index contributed by atoms with van der Waals surface area (Å²) in [4.78, 5) is 12.7. The molecule has 6 heteroatoms. The molecule has 3 aliphatic rings. The van der Waals surface area contributed by atoms with E-state index in [2.05, 4.69) is 32.6 Å². The molecule has 2 heterocycles. The summed E-state index contributed by atoms with van der Waals surface area (Å²) in [5, 5.41) is 6.65. The minimum Gasteiger partial charge on any atom is -0.378 e. The third-order valence-corrected chi connectivity index (χ3v) is 7.37. The molecule has 0 bridgehead atoms. The van der Waals surface area contributed by atoms with Crippen molar-refractivity contribution in [2.45, 2.75) is 49.6 Å². The number of ether oxygens (including phenoxy) is 1. The van der Waals surface area contributed by atoms with Gasteiger partial charge in [-0.3, -0.25) is 4.79 Å². The molecule has 2 N–H and O–H groups in total. The first-order valence-electron chi connectivity index (χ1n) is 10.3. The number of hydrogen-bond donors (Lipinski definition) is 2. The maximum atomic E-state index is 13.9. The van der Waals surface area contributed by atoms with Crippen molar-refractivity contribution >= 4 is 27.5 Å². The van der Waals surface area contributed by atoms with Crippen LogP contribution in [0.1, 0.15) is 59.6 Å². The van der Waals surface area contributed by atoms with E-state index >= 15 is 0 Å². The predicted octanol–water partition coefficient (Wildman–Crippen LogP) is 5.09. The number of benzene rings is 2. The Bertz CT molecular complexity index is 954. The van der Waals surface area contributed by atoms with E-state index in [4.69, 9.17) is 4.74 Å². The Morgan fingerprint density at radius 3 is 2.69 bits per heavy atom. The highest BCUT2D eigenvalue weighted by Crippen LogP contribution is 2.53. The van der Waals surface area contributed by atoms with Gasteiger partial charge in [-0.25, -0.2) is 4.39 Å². The molecule has 0 radical (unpaired) electrons. The van der Waals surface area contributed by atoms with E-state index in [0.717, 1.165) is 35.0 Å². The molecular formula is C23H24BrFN2O2. The zero-order chi connectivity index (χ0) is 20.0. The van der Waals surface area contributed by atoms with Crippen molar-refractivity contribution in [3.63, 3.8) is 0 Å². The van der Waals surface area contributed by atoms with Crippen LogP contribution in [0, 0.1) is 5.82 Å². The molecule has 4 nitrogen and oxygen atoms in total. The summed E-state index contributed by atoms with van der Waals surface area (Å²) in [5.74, 6) is -0.257. The Morgan fingerprint density at radius 1 is 1.17 bits per heavy atom. The van der Waals surface area contributed by atoms with E-state index < -0.39 is 0 Å². The Balaban J connectivity index is 1.50. The highest BCUT2D eigenvalue weighted by atomic mass is 79.9. The minimum absolute atomic E-state index is 0.0346. The summed E-state index contributed by atoms with van der Waals surface area (Å²) in [6.45, 7) is 1.18. The van der Waals surface area contributed by atoms with E-state index in [9.17, 15) is 9.18 Å². The quantitative estimate of drug-likeness (QED) is 0.673. The van der Waals surface area contributed by atoms with E-state index in [1.54, 1.807) is 12.1 Å². The number of fused-ring (bicyclic) bond motifs is 2. The average Bonchev–Trinajstić information content (AvgIpc) is 3.15. The molecule has 1 atom stereocenters. The molecule has 1 spiro atoms. The largest absolute Gasteiger partial charge is 0.378 e. The smallest absolute Gasteiger partial charge is 0.251 e. The van der Waals surface area contributed by atoms with Gasteiger partial charge < -0.3 is 15.4 Å². The van der Waals surface area contributed by atoms with Crippen molar-refractivity contribution in [1.82, 2.24) is 5.32 Å². The van der Waals surface area contributed by atoms with Gasteiger partial charge in [0.05, 0.1) is 25.3 Å². The van der Waals surface area contributed by atoms with Crippen LogP contribution in [0.5, 0.6) is 0 Å². The number of nitrogens with one attached hydrogen (secondary N) is 2. The zero-order valence-electron chi connectivity index (χ0n) is 16.1. The van der Waals surface area contributed by atoms with Crippen LogP contribution >= 0.6 is 15.9 Å². The molecule has 1 saturated heterocycles. The molecule has 29 heavy (non-hydrogen) atoms. The Hall–Kier alpha value is -1.92. The lowest BCUT2D eigenvalue weighted by atomic mass is 9.69. The molecule has 1 saturated carbocycles. The van der Waals surface area contributed by atoms with Crippen LogP contribution in [0.15, 0.2) is 40.9 Å². The first-order valence-corrected chi connectivity index (χ1v) is 11.1. The number of carbonyl (C=O) groups is 1. The molecule has 1 aliphatic carbocycles. The third kappa shape index (κ3) is 3.46. The van der Waals surface area contributed by atoms with E-state index in [-0.39, 0.29) is 29.2 Å². The molecule has 2 aromatic rings. The van der Waals surface area contributed by atoms with Crippen molar-refractivity contribution in [2.24, 2.45) is 0 Å². The van der Waals surface area contributed by atoms with Crippen LogP contribution in [0.2, 0.25) is 0 Å². The van der Waals surface area contributed by atoms with E-state index in [0.29, 0.717) is 18.8 Å². The molecular weight excluding hydrogens is 435 g/mol. The van der Waals surface area contributed by atoms with Gasteiger partial charge in [-0.2, -0.15) is 0 Å². The normalized spacial score (nSPS) is 22.6. The van der Waals surface area contributed by atoms with Crippen molar-refractivity contribution in [2.75, 3.05) is 18.5 Å². The molecule has 1 unspecified atom stereocenters. The second kappa shape index (κ2) is 7.40. The number of anilines is 1. The van der Waals surface area contributed by atoms with Crippen molar-refractivity contribution in [1.29, 1.82) is 0 Å². The molecule has 2 fully saturated rings. The monoisotopic (exact) mass is 458 g/mol. The Kier molecular flexibility index (Phi) is 4.87. The van der Waals surface area contributed by atoms with Gasteiger partial charge in [-0.05, 0) is 72.2 Å². The Labute approximate surface area is 178 Å². The lowest BCUT2D eigenvalue weighted by molar-refractivity contribution is -0.00346. The van der Waals surface area contributed by atoms with Crippen LogP contribution in [0.25, 0.3) is 0 Å². The summed E-state index contributed by atoms with van der Waals surface area (Å²) >= 11 is 3.60. The molecule has 1 amide bonds. The van der Waals surface area contributed by atoms with Gasteiger partial charge in [0.2, 0.25) is 0 Å². The maximum Gasteiger partial charge on any atom is 0.251 e. The van der Waals surface area contributed by atoms with Crippen molar-refractivity contribution in [3.05, 3.63) is 63.4 Å². The molecule has 5 rings (SSSR count). The predicted molar refractivity (Wildman–Crippen MR) is 114 cm³/mol. The Morgan fingerprint density at radius 2 is 1.97 bits per heavy atom. The molecule has 0 aromatic heterocycles. The second-order valence-electron chi connectivity index (χ2n) is 8.52. The zero-order valence-corrected chi connectivity index (χ0v) is 17.7. The van der Waals surface area contributed by atoms with Crippen LogP contribution in [-0.4, -0.2) is 25.2 Å². The summed E-state index contributed by atoms with van der Waals surface area (Å²) in [7, 11) is 0. The second-order valence-corrected chi connectivity index (χ2v) is 9.38. The van der Waals surface area contributed by atoms with Crippen molar-refractivity contribution in [3.8, 4) is 0 Å². The van der Waals surface area contributed by atoms with Gasteiger partial charge in [0, 0.05) is 15.7 Å². The van der Waals surface area contributed by atoms with Crippen LogP contribution in [0.3, 0.4) is 0 Å². The van der Waals surface area contributed by atoms with Gasteiger partial charge in [0.15, 0.2) is 0 Å². The van der Waals surface area contributed by atoms with Crippen LogP contribution in [0.4, 0.5) is 10.1 Å². The van der Waals surface area contributed by atoms with E-state index in [1.165, 1.54) is 24.5 Å². The number of amides is 1. The van der Waals surface area contributed by atoms with Crippen molar-refractivity contribution < 1.29 is 13.9 Å². The number of rotatable bonds is 3.